The first kappa shape index (κ1) is 17.0. The lowest BCUT2D eigenvalue weighted by Crippen LogP contribution is -2.41. The molecule has 0 aromatic heterocycles. The molecule has 4 nitrogen and oxygen atoms in total. The molecule has 0 bridgehead atoms. The van der Waals surface area contributed by atoms with Gasteiger partial charge in [0.2, 0.25) is 5.91 Å². The Hall–Kier alpha value is -1.36. The maximum absolute atomic E-state index is 12.5. The van der Waals surface area contributed by atoms with Gasteiger partial charge in [0.15, 0.2) is 9.84 Å². The Morgan fingerprint density at radius 3 is 2.59 bits per heavy atom. The van der Waals surface area contributed by atoms with Crippen LogP contribution in [0.1, 0.15) is 36.5 Å². The molecule has 1 aliphatic heterocycles. The fourth-order valence-corrected chi connectivity index (χ4v) is 4.90. The van der Waals surface area contributed by atoms with Crippen molar-refractivity contribution in [2.75, 3.05) is 18.1 Å². The Bertz CT molecular complexity index is 652. The highest BCUT2D eigenvalue weighted by Gasteiger charge is 2.33. The average molecular weight is 323 g/mol. The first-order chi connectivity index (χ1) is 10.3. The Labute approximate surface area is 133 Å². The number of rotatable bonds is 5. The topological polar surface area (TPSA) is 54.5 Å². The number of carbonyl (C=O) groups excluding carboxylic acids is 1. The van der Waals surface area contributed by atoms with Crippen LogP contribution < -0.4 is 0 Å². The fourth-order valence-electron chi connectivity index (χ4n) is 3.17. The van der Waals surface area contributed by atoms with E-state index >= 15 is 0 Å². The zero-order valence-electron chi connectivity index (χ0n) is 13.6. The zero-order valence-corrected chi connectivity index (χ0v) is 14.4. The van der Waals surface area contributed by atoms with E-state index in [2.05, 4.69) is 32.0 Å². The molecule has 0 radical (unpaired) electrons. The number of nitrogens with zero attached hydrogens (tertiary/aromatic N) is 1. The van der Waals surface area contributed by atoms with Crippen molar-refractivity contribution >= 4 is 15.7 Å². The Morgan fingerprint density at radius 1 is 1.32 bits per heavy atom. The van der Waals surface area contributed by atoms with Gasteiger partial charge in [-0.1, -0.05) is 23.8 Å². The molecule has 0 N–H and O–H groups in total. The van der Waals surface area contributed by atoms with E-state index in [9.17, 15) is 13.2 Å². The normalized spacial score (nSPS) is 20.0. The molecule has 1 heterocycles. The monoisotopic (exact) mass is 323 g/mol. The van der Waals surface area contributed by atoms with E-state index in [0.29, 0.717) is 25.8 Å². The van der Waals surface area contributed by atoms with Gasteiger partial charge in [0.05, 0.1) is 11.5 Å². The van der Waals surface area contributed by atoms with Crippen LogP contribution in [0.25, 0.3) is 0 Å². The highest BCUT2D eigenvalue weighted by atomic mass is 32.2. The third-order valence-corrected chi connectivity index (χ3v) is 6.17. The summed E-state index contributed by atoms with van der Waals surface area (Å²) in [6.45, 7) is 6.61. The summed E-state index contributed by atoms with van der Waals surface area (Å²) >= 11 is 0. The number of benzene rings is 1. The molecule has 2 rings (SSSR count). The van der Waals surface area contributed by atoms with E-state index < -0.39 is 9.84 Å². The molecular weight excluding hydrogens is 298 g/mol. The summed E-state index contributed by atoms with van der Waals surface area (Å²) in [4.78, 5) is 14.2. The number of hydrogen-bond donors (Lipinski definition) is 0. The van der Waals surface area contributed by atoms with Crippen LogP contribution in [0, 0.1) is 13.8 Å². The highest BCUT2D eigenvalue weighted by Crippen LogP contribution is 2.19. The number of sulfone groups is 1. The van der Waals surface area contributed by atoms with Crippen LogP contribution in [-0.2, 0) is 21.1 Å². The van der Waals surface area contributed by atoms with Crippen molar-refractivity contribution in [2.45, 2.75) is 46.1 Å². The second kappa shape index (κ2) is 6.82. The van der Waals surface area contributed by atoms with Crippen LogP contribution in [-0.4, -0.2) is 43.3 Å². The van der Waals surface area contributed by atoms with Gasteiger partial charge in [0, 0.05) is 19.0 Å². The summed E-state index contributed by atoms with van der Waals surface area (Å²) < 4.78 is 23.2. The molecule has 0 aliphatic carbocycles. The van der Waals surface area contributed by atoms with Gasteiger partial charge < -0.3 is 4.90 Å². The smallest absolute Gasteiger partial charge is 0.223 e. The minimum atomic E-state index is -2.96. The Kier molecular flexibility index (Phi) is 5.27. The average Bonchev–Trinajstić information content (AvgIpc) is 2.78. The summed E-state index contributed by atoms with van der Waals surface area (Å²) in [5.74, 6) is 0.388. The van der Waals surface area contributed by atoms with Crippen molar-refractivity contribution in [3.8, 4) is 0 Å². The molecule has 1 aliphatic rings. The Balaban J connectivity index is 1.98. The van der Waals surface area contributed by atoms with Crippen molar-refractivity contribution in [2.24, 2.45) is 0 Å². The molecular formula is C17H25NO3S. The molecule has 22 heavy (non-hydrogen) atoms. The van der Waals surface area contributed by atoms with Gasteiger partial charge in [-0.25, -0.2) is 8.42 Å². The lowest BCUT2D eigenvalue weighted by atomic mass is 10.0. The van der Waals surface area contributed by atoms with E-state index in [0.717, 1.165) is 0 Å². The highest BCUT2D eigenvalue weighted by molar-refractivity contribution is 7.91. The minimum Gasteiger partial charge on any atom is -0.339 e. The van der Waals surface area contributed by atoms with Crippen molar-refractivity contribution in [3.05, 3.63) is 34.9 Å². The van der Waals surface area contributed by atoms with Crippen molar-refractivity contribution < 1.29 is 13.2 Å². The van der Waals surface area contributed by atoms with Crippen LogP contribution >= 0.6 is 0 Å². The lowest BCUT2D eigenvalue weighted by molar-refractivity contribution is -0.132. The SMILES string of the molecule is CCN(C(=O)CCc1ccc(C)cc1C)C1CCS(=O)(=O)C1. The molecule has 1 unspecified atom stereocenters. The van der Waals surface area contributed by atoms with Gasteiger partial charge >= 0.3 is 0 Å². The summed E-state index contributed by atoms with van der Waals surface area (Å²) in [6, 6.07) is 6.13. The third kappa shape index (κ3) is 4.09. The first-order valence-electron chi connectivity index (χ1n) is 7.88. The van der Waals surface area contributed by atoms with E-state index in [-0.39, 0.29) is 23.5 Å². The second-order valence-corrected chi connectivity index (χ2v) is 8.40. The maximum atomic E-state index is 12.5. The summed E-state index contributed by atoms with van der Waals surface area (Å²) in [7, 11) is -2.96. The van der Waals surface area contributed by atoms with Gasteiger partial charge in [-0.15, -0.1) is 0 Å². The summed E-state index contributed by atoms with van der Waals surface area (Å²) in [5, 5.41) is 0. The van der Waals surface area contributed by atoms with Gasteiger partial charge in [-0.3, -0.25) is 4.79 Å². The van der Waals surface area contributed by atoms with Gasteiger partial charge in [0.1, 0.15) is 0 Å². The lowest BCUT2D eigenvalue weighted by Gasteiger charge is -2.27. The third-order valence-electron chi connectivity index (χ3n) is 4.42. The second-order valence-electron chi connectivity index (χ2n) is 6.17. The van der Waals surface area contributed by atoms with Crippen LogP contribution in [0.4, 0.5) is 0 Å². The van der Waals surface area contributed by atoms with Crippen LogP contribution in [0.3, 0.4) is 0 Å². The zero-order chi connectivity index (χ0) is 16.3. The predicted octanol–water partition coefficient (Wildman–Crippen LogP) is 2.27. The molecule has 1 aromatic carbocycles. The van der Waals surface area contributed by atoms with Crippen LogP contribution in [0.15, 0.2) is 18.2 Å². The Morgan fingerprint density at radius 2 is 2.05 bits per heavy atom. The number of carbonyl (C=O) groups is 1. The molecule has 0 spiro atoms. The predicted molar refractivity (Wildman–Crippen MR) is 88.7 cm³/mol. The molecule has 5 heteroatoms. The van der Waals surface area contributed by atoms with E-state index in [1.54, 1.807) is 4.90 Å². The van der Waals surface area contributed by atoms with E-state index in [4.69, 9.17) is 0 Å². The maximum Gasteiger partial charge on any atom is 0.223 e. The van der Waals surface area contributed by atoms with Gasteiger partial charge in [-0.2, -0.15) is 0 Å². The van der Waals surface area contributed by atoms with Gasteiger partial charge in [-0.05, 0) is 44.7 Å². The molecule has 1 saturated heterocycles. The summed E-state index contributed by atoms with van der Waals surface area (Å²) in [6.07, 6.45) is 1.72. The molecule has 122 valence electrons. The number of aryl methyl sites for hydroxylation is 3. The molecule has 1 amide bonds. The van der Waals surface area contributed by atoms with E-state index in [1.807, 2.05) is 6.92 Å². The summed E-state index contributed by atoms with van der Waals surface area (Å²) in [5.41, 5.74) is 3.62. The molecule has 1 atom stereocenters. The van der Waals surface area contributed by atoms with Crippen LogP contribution in [0.5, 0.6) is 0 Å². The van der Waals surface area contributed by atoms with Crippen LogP contribution in [0.2, 0.25) is 0 Å². The largest absolute Gasteiger partial charge is 0.339 e. The quantitative estimate of drug-likeness (QED) is 0.835. The molecule has 1 fully saturated rings. The van der Waals surface area contributed by atoms with Crippen molar-refractivity contribution in [3.63, 3.8) is 0 Å². The fraction of sp³-hybridized carbons (Fsp3) is 0.588. The minimum absolute atomic E-state index is 0.0598. The molecule has 1 aromatic rings. The number of amides is 1. The first-order valence-corrected chi connectivity index (χ1v) is 9.70. The number of hydrogen-bond acceptors (Lipinski definition) is 3. The molecule has 0 saturated carbocycles. The van der Waals surface area contributed by atoms with E-state index in [1.165, 1.54) is 16.7 Å². The van der Waals surface area contributed by atoms with Crippen molar-refractivity contribution in [1.82, 2.24) is 4.90 Å². The van der Waals surface area contributed by atoms with Crippen molar-refractivity contribution in [1.29, 1.82) is 0 Å². The standard InChI is InChI=1S/C17H25NO3S/c1-4-18(16-9-10-22(20,21)12-16)17(19)8-7-15-6-5-13(2)11-14(15)3/h5-6,11,16H,4,7-10,12H2,1-3H3. The van der Waals surface area contributed by atoms with Gasteiger partial charge in [0.25, 0.3) is 0 Å².